The van der Waals surface area contributed by atoms with Crippen LogP contribution in [0.1, 0.15) is 24.1 Å². The summed E-state index contributed by atoms with van der Waals surface area (Å²) >= 11 is 0. The third-order valence-corrected chi connectivity index (χ3v) is 5.58. The SMILES string of the molecule is COc1ccc(-c2cc(CNC(C)c3cccc(OC)c3)ccc2NS(C)(=O)=O)cc1. The van der Waals surface area contributed by atoms with E-state index in [9.17, 15) is 8.42 Å². The number of nitrogens with one attached hydrogen (secondary N) is 2. The molecule has 0 saturated carbocycles. The summed E-state index contributed by atoms with van der Waals surface area (Å²) in [7, 11) is -0.135. The number of benzene rings is 3. The van der Waals surface area contributed by atoms with Crippen LogP contribution in [0.15, 0.2) is 66.7 Å². The summed E-state index contributed by atoms with van der Waals surface area (Å²) in [5.41, 5.74) is 4.41. The molecule has 3 aromatic carbocycles. The quantitative estimate of drug-likeness (QED) is 0.509. The lowest BCUT2D eigenvalue weighted by Gasteiger charge is -2.17. The van der Waals surface area contributed by atoms with Crippen molar-refractivity contribution in [2.45, 2.75) is 19.5 Å². The van der Waals surface area contributed by atoms with Crippen molar-refractivity contribution in [3.63, 3.8) is 0 Å². The van der Waals surface area contributed by atoms with Gasteiger partial charge in [-0.1, -0.05) is 30.3 Å². The Hall–Kier alpha value is -3.03. The molecule has 2 N–H and O–H groups in total. The minimum Gasteiger partial charge on any atom is -0.497 e. The van der Waals surface area contributed by atoms with Gasteiger partial charge in [0, 0.05) is 18.2 Å². The van der Waals surface area contributed by atoms with Gasteiger partial charge in [-0.15, -0.1) is 0 Å². The van der Waals surface area contributed by atoms with E-state index in [2.05, 4.69) is 23.0 Å². The van der Waals surface area contributed by atoms with Gasteiger partial charge in [-0.25, -0.2) is 8.42 Å². The van der Waals surface area contributed by atoms with Crippen LogP contribution < -0.4 is 19.5 Å². The fourth-order valence-electron chi connectivity index (χ4n) is 3.30. The van der Waals surface area contributed by atoms with Crippen LogP contribution in [0.5, 0.6) is 11.5 Å². The molecule has 164 valence electrons. The maximum Gasteiger partial charge on any atom is 0.229 e. The molecule has 0 bridgehead atoms. The van der Waals surface area contributed by atoms with Crippen molar-refractivity contribution in [2.75, 3.05) is 25.2 Å². The van der Waals surface area contributed by atoms with E-state index < -0.39 is 10.0 Å². The molecule has 0 amide bonds. The topological polar surface area (TPSA) is 76.7 Å². The molecular weight excluding hydrogens is 412 g/mol. The second-order valence-electron chi connectivity index (χ2n) is 7.36. The first-order valence-corrected chi connectivity index (χ1v) is 11.8. The molecule has 0 aliphatic heterocycles. The molecule has 6 nitrogen and oxygen atoms in total. The van der Waals surface area contributed by atoms with Gasteiger partial charge in [-0.05, 0) is 60.0 Å². The number of hydrogen-bond donors (Lipinski definition) is 2. The molecule has 1 unspecified atom stereocenters. The van der Waals surface area contributed by atoms with E-state index >= 15 is 0 Å². The van der Waals surface area contributed by atoms with Gasteiger partial charge in [0.05, 0.1) is 26.2 Å². The highest BCUT2D eigenvalue weighted by atomic mass is 32.2. The van der Waals surface area contributed by atoms with Crippen molar-refractivity contribution in [1.82, 2.24) is 5.32 Å². The Morgan fingerprint density at radius 1 is 0.903 bits per heavy atom. The summed E-state index contributed by atoms with van der Waals surface area (Å²) in [6, 6.07) is 21.3. The molecule has 0 fully saturated rings. The lowest BCUT2D eigenvalue weighted by atomic mass is 10.0. The zero-order valence-corrected chi connectivity index (χ0v) is 19.0. The van der Waals surface area contributed by atoms with Crippen LogP contribution in [0.25, 0.3) is 11.1 Å². The minimum absolute atomic E-state index is 0.119. The van der Waals surface area contributed by atoms with Crippen LogP contribution in [0.3, 0.4) is 0 Å². The number of methoxy groups -OCH3 is 2. The average Bonchev–Trinajstić information content (AvgIpc) is 2.77. The highest BCUT2D eigenvalue weighted by Gasteiger charge is 2.12. The Morgan fingerprint density at radius 3 is 2.26 bits per heavy atom. The zero-order chi connectivity index (χ0) is 22.4. The Labute approximate surface area is 184 Å². The number of rotatable bonds is 9. The molecule has 1 atom stereocenters. The van der Waals surface area contributed by atoms with Gasteiger partial charge in [0.25, 0.3) is 0 Å². The van der Waals surface area contributed by atoms with E-state index in [1.54, 1.807) is 20.3 Å². The van der Waals surface area contributed by atoms with Gasteiger partial charge in [-0.3, -0.25) is 4.72 Å². The molecule has 0 saturated heterocycles. The molecule has 31 heavy (non-hydrogen) atoms. The first-order valence-electron chi connectivity index (χ1n) is 9.91. The summed E-state index contributed by atoms with van der Waals surface area (Å²) < 4.78 is 36.8. The normalized spacial score (nSPS) is 12.3. The Bertz CT molecular complexity index is 1130. The van der Waals surface area contributed by atoms with Crippen LogP contribution >= 0.6 is 0 Å². The molecule has 0 aromatic heterocycles. The Morgan fingerprint density at radius 2 is 1.61 bits per heavy atom. The van der Waals surface area contributed by atoms with Crippen LogP contribution in [-0.4, -0.2) is 28.9 Å². The maximum absolute atomic E-state index is 11.8. The number of ether oxygens (including phenoxy) is 2. The smallest absolute Gasteiger partial charge is 0.229 e. The lowest BCUT2D eigenvalue weighted by molar-refractivity contribution is 0.413. The highest BCUT2D eigenvalue weighted by Crippen LogP contribution is 2.31. The minimum atomic E-state index is -3.40. The third-order valence-electron chi connectivity index (χ3n) is 4.99. The first-order chi connectivity index (χ1) is 14.8. The highest BCUT2D eigenvalue weighted by molar-refractivity contribution is 7.92. The van der Waals surface area contributed by atoms with Crippen LogP contribution in [-0.2, 0) is 16.6 Å². The van der Waals surface area contributed by atoms with Gasteiger partial charge >= 0.3 is 0 Å². The van der Waals surface area contributed by atoms with Crippen molar-refractivity contribution >= 4 is 15.7 Å². The van der Waals surface area contributed by atoms with Gasteiger partial charge in [-0.2, -0.15) is 0 Å². The summed E-state index contributed by atoms with van der Waals surface area (Å²) in [6.45, 7) is 2.72. The monoisotopic (exact) mass is 440 g/mol. The summed E-state index contributed by atoms with van der Waals surface area (Å²) in [4.78, 5) is 0. The number of anilines is 1. The van der Waals surface area contributed by atoms with Crippen molar-refractivity contribution in [3.05, 3.63) is 77.9 Å². The van der Waals surface area contributed by atoms with Gasteiger partial charge in [0.15, 0.2) is 0 Å². The van der Waals surface area contributed by atoms with E-state index in [0.29, 0.717) is 12.2 Å². The second kappa shape index (κ2) is 9.85. The zero-order valence-electron chi connectivity index (χ0n) is 18.2. The van der Waals surface area contributed by atoms with Crippen LogP contribution in [0, 0.1) is 0 Å². The van der Waals surface area contributed by atoms with Crippen molar-refractivity contribution in [2.24, 2.45) is 0 Å². The van der Waals surface area contributed by atoms with E-state index in [-0.39, 0.29) is 6.04 Å². The summed E-state index contributed by atoms with van der Waals surface area (Å²) in [5.74, 6) is 1.57. The molecule has 3 aromatic rings. The number of sulfonamides is 1. The van der Waals surface area contributed by atoms with Gasteiger partial charge in [0.2, 0.25) is 10.0 Å². The van der Waals surface area contributed by atoms with Gasteiger partial charge in [0.1, 0.15) is 11.5 Å². The van der Waals surface area contributed by atoms with E-state index in [1.807, 2.05) is 54.6 Å². The van der Waals surface area contributed by atoms with Crippen molar-refractivity contribution in [3.8, 4) is 22.6 Å². The standard InChI is InChI=1S/C24H28N2O4S/c1-17(20-6-5-7-22(15-20)30-3)25-16-18-8-13-24(26-31(4,27)28)23(14-18)19-9-11-21(29-2)12-10-19/h5-15,17,25-26H,16H2,1-4H3. The van der Waals surface area contributed by atoms with E-state index in [4.69, 9.17) is 9.47 Å². The Kier molecular flexibility index (Phi) is 7.20. The molecule has 0 radical (unpaired) electrons. The molecule has 0 heterocycles. The number of hydrogen-bond acceptors (Lipinski definition) is 5. The molecule has 3 rings (SSSR count). The molecule has 0 spiro atoms. The van der Waals surface area contributed by atoms with E-state index in [1.165, 1.54) is 0 Å². The largest absolute Gasteiger partial charge is 0.497 e. The fraction of sp³-hybridized carbons (Fsp3) is 0.250. The molecule has 0 aliphatic carbocycles. The average molecular weight is 441 g/mol. The predicted molar refractivity (Wildman–Crippen MR) is 125 cm³/mol. The van der Waals surface area contributed by atoms with Crippen LogP contribution in [0.4, 0.5) is 5.69 Å². The lowest BCUT2D eigenvalue weighted by Crippen LogP contribution is -2.18. The molecule has 7 heteroatoms. The van der Waals surface area contributed by atoms with E-state index in [0.717, 1.165) is 40.0 Å². The van der Waals surface area contributed by atoms with Gasteiger partial charge < -0.3 is 14.8 Å². The van der Waals surface area contributed by atoms with Crippen LogP contribution in [0.2, 0.25) is 0 Å². The first kappa shape index (κ1) is 22.7. The summed E-state index contributed by atoms with van der Waals surface area (Å²) in [6.07, 6.45) is 1.15. The molecular formula is C24H28N2O4S. The molecule has 0 aliphatic rings. The van der Waals surface area contributed by atoms with Crippen molar-refractivity contribution in [1.29, 1.82) is 0 Å². The second-order valence-corrected chi connectivity index (χ2v) is 9.11. The third kappa shape index (κ3) is 6.23. The maximum atomic E-state index is 11.8. The summed E-state index contributed by atoms with van der Waals surface area (Å²) in [5, 5.41) is 3.52. The fourth-order valence-corrected chi connectivity index (χ4v) is 3.88. The predicted octanol–water partition coefficient (Wildman–Crippen LogP) is 4.59. The Balaban J connectivity index is 1.85. The van der Waals surface area contributed by atoms with Crippen molar-refractivity contribution < 1.29 is 17.9 Å².